The molecular weight excluding hydrogens is 266 g/mol. The maximum atomic E-state index is 11.6. The molecule has 0 aromatic heterocycles. The molecule has 21 heavy (non-hydrogen) atoms. The number of hydrogen-bond donors (Lipinski definition) is 1. The standard InChI is InChI=1S/C17H19NO3/c1-12(19)14-8-4-5-9-15(14)18-11-13-7-6-10-16(20-2)17(13)21-3/h4-10,18H,11H2,1-3H3. The number of benzene rings is 2. The number of rotatable bonds is 6. The van der Waals surface area contributed by atoms with Crippen LogP contribution >= 0.6 is 0 Å². The molecule has 4 nitrogen and oxygen atoms in total. The molecule has 0 heterocycles. The zero-order valence-corrected chi connectivity index (χ0v) is 12.5. The lowest BCUT2D eigenvalue weighted by Gasteiger charge is -2.14. The molecule has 0 aliphatic carbocycles. The first-order chi connectivity index (χ1) is 10.2. The summed E-state index contributed by atoms with van der Waals surface area (Å²) in [6, 6.07) is 13.2. The Labute approximate surface area is 124 Å². The number of para-hydroxylation sites is 2. The lowest BCUT2D eigenvalue weighted by Crippen LogP contribution is -2.06. The summed E-state index contributed by atoms with van der Waals surface area (Å²) in [5, 5.41) is 3.28. The van der Waals surface area contributed by atoms with Crippen molar-refractivity contribution in [3.8, 4) is 11.5 Å². The Bertz CT molecular complexity index is 638. The molecule has 0 aliphatic heterocycles. The van der Waals surface area contributed by atoms with Gasteiger partial charge in [0, 0.05) is 23.4 Å². The van der Waals surface area contributed by atoms with Gasteiger partial charge in [-0.15, -0.1) is 0 Å². The van der Waals surface area contributed by atoms with Crippen LogP contribution in [0.2, 0.25) is 0 Å². The van der Waals surface area contributed by atoms with E-state index in [1.807, 2.05) is 42.5 Å². The Hall–Kier alpha value is -2.49. The van der Waals surface area contributed by atoms with Gasteiger partial charge < -0.3 is 14.8 Å². The predicted molar refractivity (Wildman–Crippen MR) is 83.3 cm³/mol. The van der Waals surface area contributed by atoms with E-state index >= 15 is 0 Å². The van der Waals surface area contributed by atoms with Gasteiger partial charge in [-0.1, -0.05) is 24.3 Å². The molecule has 2 aromatic rings. The molecule has 0 amide bonds. The van der Waals surface area contributed by atoms with Crippen LogP contribution in [0, 0.1) is 0 Å². The minimum absolute atomic E-state index is 0.0377. The average Bonchev–Trinajstić information content (AvgIpc) is 2.52. The highest BCUT2D eigenvalue weighted by Gasteiger charge is 2.10. The smallest absolute Gasteiger partial charge is 0.165 e. The normalized spacial score (nSPS) is 10.0. The predicted octanol–water partition coefficient (Wildman–Crippen LogP) is 3.52. The zero-order chi connectivity index (χ0) is 15.2. The van der Waals surface area contributed by atoms with E-state index in [4.69, 9.17) is 9.47 Å². The van der Waals surface area contributed by atoms with Gasteiger partial charge in [0.2, 0.25) is 0 Å². The van der Waals surface area contributed by atoms with Gasteiger partial charge in [0.25, 0.3) is 0 Å². The number of Topliss-reactive ketones (excluding diaryl/α,β-unsaturated/α-hetero) is 1. The maximum absolute atomic E-state index is 11.6. The number of methoxy groups -OCH3 is 2. The third-order valence-electron chi connectivity index (χ3n) is 3.26. The van der Waals surface area contributed by atoms with Gasteiger partial charge in [-0.05, 0) is 25.1 Å². The van der Waals surface area contributed by atoms with Crippen molar-refractivity contribution in [3.05, 3.63) is 53.6 Å². The van der Waals surface area contributed by atoms with Crippen molar-refractivity contribution in [2.75, 3.05) is 19.5 Å². The summed E-state index contributed by atoms with van der Waals surface area (Å²) in [4.78, 5) is 11.6. The topological polar surface area (TPSA) is 47.6 Å². The van der Waals surface area contributed by atoms with Crippen molar-refractivity contribution in [2.24, 2.45) is 0 Å². The van der Waals surface area contributed by atoms with Crippen LogP contribution in [0.5, 0.6) is 11.5 Å². The van der Waals surface area contributed by atoms with Crippen molar-refractivity contribution in [1.82, 2.24) is 0 Å². The SMILES string of the molecule is COc1cccc(CNc2ccccc2C(C)=O)c1OC. The van der Waals surface area contributed by atoms with E-state index in [2.05, 4.69) is 5.32 Å². The molecule has 0 fully saturated rings. The van der Waals surface area contributed by atoms with E-state index in [0.29, 0.717) is 23.6 Å². The van der Waals surface area contributed by atoms with E-state index in [9.17, 15) is 4.79 Å². The summed E-state index contributed by atoms with van der Waals surface area (Å²) in [5.74, 6) is 1.43. The molecule has 0 bridgehead atoms. The highest BCUT2D eigenvalue weighted by molar-refractivity contribution is 5.99. The molecule has 0 atom stereocenters. The number of hydrogen-bond acceptors (Lipinski definition) is 4. The fraction of sp³-hybridized carbons (Fsp3) is 0.235. The summed E-state index contributed by atoms with van der Waals surface area (Å²) in [6.45, 7) is 2.11. The van der Waals surface area contributed by atoms with Crippen LogP contribution in [0.4, 0.5) is 5.69 Å². The van der Waals surface area contributed by atoms with Gasteiger partial charge in [-0.2, -0.15) is 0 Å². The Morgan fingerprint density at radius 2 is 1.81 bits per heavy atom. The first-order valence-corrected chi connectivity index (χ1v) is 6.71. The van der Waals surface area contributed by atoms with Gasteiger partial charge in [0.1, 0.15) is 0 Å². The van der Waals surface area contributed by atoms with E-state index in [0.717, 1.165) is 11.3 Å². The molecule has 2 aromatic carbocycles. The van der Waals surface area contributed by atoms with Crippen molar-refractivity contribution in [3.63, 3.8) is 0 Å². The van der Waals surface area contributed by atoms with E-state index in [-0.39, 0.29) is 5.78 Å². The monoisotopic (exact) mass is 285 g/mol. The van der Waals surface area contributed by atoms with Crippen LogP contribution in [0.3, 0.4) is 0 Å². The fourth-order valence-corrected chi connectivity index (χ4v) is 2.23. The Morgan fingerprint density at radius 1 is 1.05 bits per heavy atom. The van der Waals surface area contributed by atoms with E-state index < -0.39 is 0 Å². The zero-order valence-electron chi connectivity index (χ0n) is 12.5. The lowest BCUT2D eigenvalue weighted by atomic mass is 10.1. The highest BCUT2D eigenvalue weighted by atomic mass is 16.5. The van der Waals surface area contributed by atoms with E-state index in [1.165, 1.54) is 0 Å². The van der Waals surface area contributed by atoms with Crippen LogP contribution < -0.4 is 14.8 Å². The number of ether oxygens (including phenoxy) is 2. The highest BCUT2D eigenvalue weighted by Crippen LogP contribution is 2.31. The first kappa shape index (κ1) is 14.9. The van der Waals surface area contributed by atoms with Crippen LogP contribution in [-0.4, -0.2) is 20.0 Å². The number of anilines is 1. The largest absolute Gasteiger partial charge is 0.493 e. The Morgan fingerprint density at radius 3 is 2.48 bits per heavy atom. The first-order valence-electron chi connectivity index (χ1n) is 6.71. The minimum atomic E-state index is 0.0377. The fourth-order valence-electron chi connectivity index (χ4n) is 2.23. The van der Waals surface area contributed by atoms with Crippen LogP contribution in [0.25, 0.3) is 0 Å². The van der Waals surface area contributed by atoms with Crippen molar-refractivity contribution in [1.29, 1.82) is 0 Å². The third-order valence-corrected chi connectivity index (χ3v) is 3.26. The molecule has 1 N–H and O–H groups in total. The van der Waals surface area contributed by atoms with Crippen LogP contribution in [0.15, 0.2) is 42.5 Å². The van der Waals surface area contributed by atoms with Gasteiger partial charge in [-0.3, -0.25) is 4.79 Å². The molecule has 2 rings (SSSR count). The molecule has 0 saturated heterocycles. The quantitative estimate of drug-likeness (QED) is 0.825. The molecule has 0 saturated carbocycles. The maximum Gasteiger partial charge on any atom is 0.165 e. The number of ketones is 1. The average molecular weight is 285 g/mol. The lowest BCUT2D eigenvalue weighted by molar-refractivity contribution is 0.101. The summed E-state index contributed by atoms with van der Waals surface area (Å²) >= 11 is 0. The van der Waals surface area contributed by atoms with Crippen molar-refractivity contribution < 1.29 is 14.3 Å². The second-order valence-corrected chi connectivity index (χ2v) is 4.61. The van der Waals surface area contributed by atoms with Crippen molar-refractivity contribution >= 4 is 11.5 Å². The van der Waals surface area contributed by atoms with Gasteiger partial charge in [0.05, 0.1) is 14.2 Å². The molecule has 0 radical (unpaired) electrons. The molecule has 110 valence electrons. The number of nitrogens with one attached hydrogen (secondary N) is 1. The summed E-state index contributed by atoms with van der Waals surface area (Å²) < 4.78 is 10.7. The van der Waals surface area contributed by atoms with Crippen molar-refractivity contribution in [2.45, 2.75) is 13.5 Å². The molecule has 0 spiro atoms. The summed E-state index contributed by atoms with van der Waals surface area (Å²) in [7, 11) is 3.23. The third kappa shape index (κ3) is 3.34. The summed E-state index contributed by atoms with van der Waals surface area (Å²) in [5.41, 5.74) is 2.46. The minimum Gasteiger partial charge on any atom is -0.493 e. The molecule has 0 aliphatic rings. The molecule has 4 heteroatoms. The second-order valence-electron chi connectivity index (χ2n) is 4.61. The summed E-state index contributed by atoms with van der Waals surface area (Å²) in [6.07, 6.45) is 0. The molecule has 0 unspecified atom stereocenters. The van der Waals surface area contributed by atoms with Gasteiger partial charge in [0.15, 0.2) is 17.3 Å². The van der Waals surface area contributed by atoms with Gasteiger partial charge >= 0.3 is 0 Å². The molecular formula is C17H19NO3. The van der Waals surface area contributed by atoms with Gasteiger partial charge in [-0.25, -0.2) is 0 Å². The number of carbonyl (C=O) groups excluding carboxylic acids is 1. The Kier molecular flexibility index (Phi) is 4.82. The van der Waals surface area contributed by atoms with Crippen LogP contribution in [-0.2, 0) is 6.54 Å². The van der Waals surface area contributed by atoms with E-state index in [1.54, 1.807) is 21.1 Å². The Balaban J connectivity index is 2.23. The van der Waals surface area contributed by atoms with Crippen LogP contribution in [0.1, 0.15) is 22.8 Å². The number of carbonyl (C=O) groups is 1. The second kappa shape index (κ2) is 6.79.